The number of nitrogens with zero attached hydrogens (tertiary/aromatic N) is 7. The Bertz CT molecular complexity index is 1670. The van der Waals surface area contributed by atoms with Crippen LogP contribution in [0.4, 0.5) is 10.6 Å². The minimum absolute atomic E-state index is 0.0369. The van der Waals surface area contributed by atoms with Crippen LogP contribution in [-0.2, 0) is 4.79 Å². The van der Waals surface area contributed by atoms with Gasteiger partial charge in [0, 0.05) is 57.1 Å². The Labute approximate surface area is 244 Å². The molecule has 1 aromatic carbocycles. The van der Waals surface area contributed by atoms with E-state index in [2.05, 4.69) is 46.5 Å². The number of rotatable bonds is 5. The van der Waals surface area contributed by atoms with Crippen LogP contribution < -0.4 is 5.73 Å². The molecule has 0 bridgehead atoms. The van der Waals surface area contributed by atoms with Crippen LogP contribution in [0.1, 0.15) is 42.4 Å². The van der Waals surface area contributed by atoms with Gasteiger partial charge in [0.05, 0.1) is 28.5 Å². The standard InChI is InChI=1S/C32H34N8O2/c1-2-29(41)37-14-16-38(17-15-37)32(42)39-13-11-23(20-39)26-10-8-24(19-35-26)40-28-18-22(21-5-6-21)7-9-27(28)36-31(40)25-4-3-12-34-30(25)33/h2-4,7-10,12,18-19,21,23H,1,5-6,11,13-17,20H2,(H2,33,34). The van der Waals surface area contributed by atoms with Gasteiger partial charge < -0.3 is 20.4 Å². The molecule has 3 fully saturated rings. The molecule has 1 saturated carbocycles. The summed E-state index contributed by atoms with van der Waals surface area (Å²) in [7, 11) is 0. The van der Waals surface area contributed by atoms with Gasteiger partial charge in [-0.05, 0) is 73.2 Å². The van der Waals surface area contributed by atoms with Crippen molar-refractivity contribution in [2.75, 3.05) is 45.0 Å². The van der Waals surface area contributed by atoms with E-state index in [1.807, 2.05) is 28.1 Å². The number of likely N-dealkylation sites (tertiary alicyclic amines) is 1. The van der Waals surface area contributed by atoms with Crippen molar-refractivity contribution in [3.8, 4) is 17.1 Å². The number of nitrogens with two attached hydrogens (primary N) is 1. The van der Waals surface area contributed by atoms with Crippen LogP contribution in [0.25, 0.3) is 28.1 Å². The highest BCUT2D eigenvalue weighted by atomic mass is 16.2. The average Bonchev–Trinajstić information content (AvgIpc) is 3.64. The fraction of sp³-hybridized carbons (Fsp3) is 0.344. The van der Waals surface area contributed by atoms with Crippen molar-refractivity contribution in [1.29, 1.82) is 0 Å². The normalized spacial score (nSPS) is 19.0. The molecule has 3 aliphatic rings. The SMILES string of the molecule is C=CC(=O)N1CCN(C(=O)N2CCC(c3ccc(-n4c(-c5cccnc5N)nc5ccc(C6CC6)cc54)cn3)C2)CC1. The Morgan fingerprint density at radius 1 is 0.905 bits per heavy atom. The van der Waals surface area contributed by atoms with E-state index in [0.717, 1.165) is 40.2 Å². The number of carbonyl (C=O) groups is 2. The number of imidazole rings is 1. The number of aromatic nitrogens is 4. The van der Waals surface area contributed by atoms with Crippen molar-refractivity contribution in [3.05, 3.63) is 78.8 Å². The number of fused-ring (bicyclic) bond motifs is 1. The van der Waals surface area contributed by atoms with E-state index in [-0.39, 0.29) is 17.9 Å². The lowest BCUT2D eigenvalue weighted by atomic mass is 10.0. The topological polar surface area (TPSA) is 113 Å². The highest BCUT2D eigenvalue weighted by Gasteiger charge is 2.33. The largest absolute Gasteiger partial charge is 0.383 e. The molecule has 0 spiro atoms. The Balaban J connectivity index is 1.12. The lowest BCUT2D eigenvalue weighted by Crippen LogP contribution is -2.53. The zero-order valence-electron chi connectivity index (χ0n) is 23.5. The lowest BCUT2D eigenvalue weighted by Gasteiger charge is -2.36. The van der Waals surface area contributed by atoms with Crippen LogP contribution >= 0.6 is 0 Å². The van der Waals surface area contributed by atoms with E-state index in [1.165, 1.54) is 24.5 Å². The molecular weight excluding hydrogens is 528 g/mol. The summed E-state index contributed by atoms with van der Waals surface area (Å²) < 4.78 is 2.13. The molecule has 1 atom stereocenters. The van der Waals surface area contributed by atoms with E-state index in [1.54, 1.807) is 11.1 Å². The fourth-order valence-electron chi connectivity index (χ4n) is 6.21. The number of pyridine rings is 2. The zero-order chi connectivity index (χ0) is 28.8. The van der Waals surface area contributed by atoms with Crippen LogP contribution in [0.2, 0.25) is 0 Å². The third kappa shape index (κ3) is 4.76. The van der Waals surface area contributed by atoms with Gasteiger partial charge in [-0.25, -0.2) is 14.8 Å². The number of nitrogen functional groups attached to an aromatic ring is 1. The molecule has 10 nitrogen and oxygen atoms in total. The number of amides is 3. The third-order valence-corrected chi connectivity index (χ3v) is 8.75. The maximum atomic E-state index is 13.2. The molecule has 4 aromatic rings. The van der Waals surface area contributed by atoms with Crippen LogP contribution in [0.3, 0.4) is 0 Å². The van der Waals surface area contributed by atoms with Gasteiger partial charge >= 0.3 is 6.03 Å². The molecule has 2 saturated heterocycles. The molecule has 10 heteroatoms. The number of hydrogen-bond acceptors (Lipinski definition) is 6. The maximum absolute atomic E-state index is 13.2. The first-order chi connectivity index (χ1) is 20.5. The molecule has 2 aliphatic heterocycles. The number of anilines is 1. The summed E-state index contributed by atoms with van der Waals surface area (Å²) in [6.07, 6.45) is 8.23. The smallest absolute Gasteiger partial charge is 0.320 e. The van der Waals surface area contributed by atoms with Crippen molar-refractivity contribution in [2.45, 2.75) is 31.1 Å². The highest BCUT2D eigenvalue weighted by Crippen LogP contribution is 2.42. The molecule has 0 radical (unpaired) electrons. The van der Waals surface area contributed by atoms with Crippen LogP contribution in [0.15, 0.2) is 67.5 Å². The molecule has 2 N–H and O–H groups in total. The Morgan fingerprint density at radius 3 is 2.43 bits per heavy atom. The number of piperazine rings is 1. The summed E-state index contributed by atoms with van der Waals surface area (Å²) in [5.74, 6) is 1.88. The minimum atomic E-state index is -0.0825. The monoisotopic (exact) mass is 562 g/mol. The summed E-state index contributed by atoms with van der Waals surface area (Å²) in [5.41, 5.74) is 12.2. The first-order valence-electron chi connectivity index (χ1n) is 14.6. The molecule has 5 heterocycles. The molecule has 42 heavy (non-hydrogen) atoms. The number of hydrogen-bond donors (Lipinski definition) is 1. The highest BCUT2D eigenvalue weighted by molar-refractivity contribution is 5.87. The van der Waals surface area contributed by atoms with E-state index >= 15 is 0 Å². The predicted molar refractivity (Wildman–Crippen MR) is 161 cm³/mol. The summed E-state index contributed by atoms with van der Waals surface area (Å²) >= 11 is 0. The van der Waals surface area contributed by atoms with Crippen LogP contribution in [-0.4, -0.2) is 85.4 Å². The fourth-order valence-corrected chi connectivity index (χ4v) is 6.21. The van der Waals surface area contributed by atoms with E-state index < -0.39 is 0 Å². The second-order valence-electron chi connectivity index (χ2n) is 11.4. The van der Waals surface area contributed by atoms with Crippen molar-refractivity contribution >= 4 is 28.8 Å². The first-order valence-corrected chi connectivity index (χ1v) is 14.6. The zero-order valence-corrected chi connectivity index (χ0v) is 23.5. The quantitative estimate of drug-likeness (QED) is 0.365. The molecule has 1 aliphatic carbocycles. The maximum Gasteiger partial charge on any atom is 0.320 e. The number of carbonyl (C=O) groups excluding carboxylic acids is 2. The van der Waals surface area contributed by atoms with Crippen molar-refractivity contribution in [1.82, 2.24) is 34.2 Å². The van der Waals surface area contributed by atoms with Crippen molar-refractivity contribution < 1.29 is 9.59 Å². The molecule has 1 unspecified atom stereocenters. The Kier molecular flexibility index (Phi) is 6.60. The van der Waals surface area contributed by atoms with Crippen LogP contribution in [0, 0.1) is 0 Å². The number of benzene rings is 1. The molecular formula is C32H34N8O2. The first kappa shape index (κ1) is 26.2. The number of urea groups is 1. The summed E-state index contributed by atoms with van der Waals surface area (Å²) in [5, 5.41) is 0. The molecule has 3 aromatic heterocycles. The average molecular weight is 563 g/mol. The van der Waals surface area contributed by atoms with E-state index in [9.17, 15) is 9.59 Å². The van der Waals surface area contributed by atoms with Gasteiger partial charge in [-0.15, -0.1) is 0 Å². The lowest BCUT2D eigenvalue weighted by molar-refractivity contribution is -0.127. The summed E-state index contributed by atoms with van der Waals surface area (Å²) in [4.78, 5) is 44.8. The second kappa shape index (κ2) is 10.6. The van der Waals surface area contributed by atoms with Gasteiger partial charge in [-0.1, -0.05) is 12.6 Å². The van der Waals surface area contributed by atoms with Gasteiger partial charge in [-0.2, -0.15) is 0 Å². The Hall–Kier alpha value is -4.73. The van der Waals surface area contributed by atoms with E-state index in [0.29, 0.717) is 51.0 Å². The molecule has 7 rings (SSSR count). The second-order valence-corrected chi connectivity index (χ2v) is 11.4. The summed E-state index contributed by atoms with van der Waals surface area (Å²) in [6, 6.07) is 14.5. The van der Waals surface area contributed by atoms with Crippen molar-refractivity contribution in [3.63, 3.8) is 0 Å². The predicted octanol–water partition coefficient (Wildman–Crippen LogP) is 4.18. The summed E-state index contributed by atoms with van der Waals surface area (Å²) in [6.45, 7) is 7.04. The molecule has 214 valence electrons. The van der Waals surface area contributed by atoms with Gasteiger partial charge in [-0.3, -0.25) is 14.3 Å². The third-order valence-electron chi connectivity index (χ3n) is 8.75. The van der Waals surface area contributed by atoms with Gasteiger partial charge in [0.15, 0.2) is 0 Å². The van der Waals surface area contributed by atoms with E-state index in [4.69, 9.17) is 15.7 Å². The molecule has 3 amide bonds. The van der Waals surface area contributed by atoms with Crippen molar-refractivity contribution in [2.24, 2.45) is 0 Å². The van der Waals surface area contributed by atoms with Crippen LogP contribution in [0.5, 0.6) is 0 Å². The van der Waals surface area contributed by atoms with Gasteiger partial charge in [0.1, 0.15) is 11.6 Å². The van der Waals surface area contributed by atoms with Gasteiger partial charge in [0.25, 0.3) is 0 Å². The van der Waals surface area contributed by atoms with Gasteiger partial charge in [0.2, 0.25) is 5.91 Å². The minimum Gasteiger partial charge on any atom is -0.383 e. The Morgan fingerprint density at radius 2 is 1.71 bits per heavy atom.